The summed E-state index contributed by atoms with van der Waals surface area (Å²) in [6.07, 6.45) is 3.35. The Labute approximate surface area is 178 Å². The summed E-state index contributed by atoms with van der Waals surface area (Å²) in [5.74, 6) is -0.614. The molecule has 0 atom stereocenters. The Morgan fingerprint density at radius 3 is 2.43 bits per heavy atom. The highest BCUT2D eigenvalue weighted by atomic mass is 35.5. The Bertz CT molecular complexity index is 1200. The van der Waals surface area contributed by atoms with Crippen LogP contribution < -0.4 is 5.43 Å². The average Bonchev–Trinajstić information content (AvgIpc) is 3.19. The lowest BCUT2D eigenvalue weighted by atomic mass is 10.1. The van der Waals surface area contributed by atoms with Crippen LogP contribution >= 0.6 is 11.6 Å². The Balaban J connectivity index is 1.65. The van der Waals surface area contributed by atoms with Gasteiger partial charge in [-0.05, 0) is 36.4 Å². The number of hydrogen-bond acceptors (Lipinski definition) is 4. The fourth-order valence-electron chi connectivity index (χ4n) is 2.91. The van der Waals surface area contributed by atoms with Crippen molar-refractivity contribution in [3.63, 3.8) is 0 Å². The number of para-hydroxylation sites is 2. The van der Waals surface area contributed by atoms with Gasteiger partial charge in [-0.3, -0.25) is 4.79 Å². The number of carbonyl (C=O) groups excluding carboxylic acids is 1. The summed E-state index contributed by atoms with van der Waals surface area (Å²) in [5.41, 5.74) is 5.74. The summed E-state index contributed by atoms with van der Waals surface area (Å²) in [5, 5.41) is 19.2. The number of carbonyl (C=O) groups is 1. The van der Waals surface area contributed by atoms with Crippen LogP contribution in [0.15, 0.2) is 90.2 Å². The van der Waals surface area contributed by atoms with Crippen LogP contribution in [0.4, 0.5) is 0 Å². The van der Waals surface area contributed by atoms with Crippen LogP contribution in [0.25, 0.3) is 16.9 Å². The van der Waals surface area contributed by atoms with Crippen molar-refractivity contribution in [1.82, 2.24) is 15.2 Å². The molecule has 0 radical (unpaired) electrons. The molecule has 0 spiro atoms. The van der Waals surface area contributed by atoms with Crippen molar-refractivity contribution in [3.8, 4) is 22.7 Å². The number of phenols is 1. The lowest BCUT2D eigenvalue weighted by Gasteiger charge is -2.02. The van der Waals surface area contributed by atoms with Crippen molar-refractivity contribution >= 4 is 23.7 Å². The lowest BCUT2D eigenvalue weighted by molar-refractivity contribution is 0.0952. The van der Waals surface area contributed by atoms with Crippen LogP contribution in [0.2, 0.25) is 5.02 Å². The Kier molecular flexibility index (Phi) is 5.59. The van der Waals surface area contributed by atoms with Crippen molar-refractivity contribution in [3.05, 3.63) is 101 Å². The van der Waals surface area contributed by atoms with E-state index in [1.54, 1.807) is 28.9 Å². The molecule has 6 nitrogen and oxygen atoms in total. The zero-order valence-electron chi connectivity index (χ0n) is 15.7. The highest BCUT2D eigenvalue weighted by Gasteiger charge is 2.12. The van der Waals surface area contributed by atoms with E-state index in [0.717, 1.165) is 11.3 Å². The molecule has 1 heterocycles. The van der Waals surface area contributed by atoms with Gasteiger partial charge in [0.2, 0.25) is 0 Å². The van der Waals surface area contributed by atoms with Gasteiger partial charge in [-0.15, -0.1) is 0 Å². The first-order chi connectivity index (χ1) is 14.6. The molecule has 3 aromatic carbocycles. The topological polar surface area (TPSA) is 79.5 Å². The molecular weight excluding hydrogens is 400 g/mol. The van der Waals surface area contributed by atoms with E-state index in [9.17, 15) is 9.90 Å². The minimum atomic E-state index is -0.507. The Hall–Kier alpha value is -3.90. The third kappa shape index (κ3) is 4.24. The second kappa shape index (κ2) is 8.63. The molecule has 2 N–H and O–H groups in total. The number of phenolic OH excluding ortho intramolecular Hbond substituents is 1. The number of hydrogen-bond donors (Lipinski definition) is 2. The molecule has 0 aliphatic rings. The van der Waals surface area contributed by atoms with E-state index in [0.29, 0.717) is 16.3 Å². The van der Waals surface area contributed by atoms with Gasteiger partial charge in [0.05, 0.1) is 17.5 Å². The second-order valence-corrected chi connectivity index (χ2v) is 6.87. The summed E-state index contributed by atoms with van der Waals surface area (Å²) in [4.78, 5) is 12.3. The number of hydrazone groups is 1. The molecular formula is C23H17ClN4O2. The van der Waals surface area contributed by atoms with Gasteiger partial charge < -0.3 is 5.11 Å². The zero-order chi connectivity index (χ0) is 20.9. The van der Waals surface area contributed by atoms with E-state index < -0.39 is 5.91 Å². The van der Waals surface area contributed by atoms with Gasteiger partial charge in [0.15, 0.2) is 0 Å². The maximum atomic E-state index is 12.3. The molecule has 7 heteroatoms. The van der Waals surface area contributed by atoms with Crippen LogP contribution in [0.5, 0.6) is 5.75 Å². The van der Waals surface area contributed by atoms with Crippen molar-refractivity contribution < 1.29 is 9.90 Å². The van der Waals surface area contributed by atoms with Crippen LogP contribution in [0.3, 0.4) is 0 Å². The average molecular weight is 417 g/mol. The first kappa shape index (κ1) is 19.4. The molecule has 4 aromatic rings. The summed E-state index contributed by atoms with van der Waals surface area (Å²) in [7, 11) is 0. The number of rotatable bonds is 5. The van der Waals surface area contributed by atoms with Gasteiger partial charge in [0.25, 0.3) is 5.91 Å². The third-order valence-corrected chi connectivity index (χ3v) is 4.65. The normalized spacial score (nSPS) is 11.0. The Morgan fingerprint density at radius 2 is 1.70 bits per heavy atom. The van der Waals surface area contributed by atoms with E-state index in [4.69, 9.17) is 11.6 Å². The van der Waals surface area contributed by atoms with Gasteiger partial charge in [0, 0.05) is 22.3 Å². The van der Waals surface area contributed by atoms with Gasteiger partial charge in [-0.2, -0.15) is 10.2 Å². The summed E-state index contributed by atoms with van der Waals surface area (Å²) < 4.78 is 1.75. The molecule has 0 saturated heterocycles. The first-order valence-corrected chi connectivity index (χ1v) is 9.52. The van der Waals surface area contributed by atoms with Crippen LogP contribution in [0, 0.1) is 0 Å². The summed E-state index contributed by atoms with van der Waals surface area (Å²) >= 11 is 6.01. The van der Waals surface area contributed by atoms with E-state index in [1.807, 2.05) is 48.7 Å². The summed E-state index contributed by atoms with van der Waals surface area (Å²) in [6, 6.07) is 23.3. The second-order valence-electron chi connectivity index (χ2n) is 6.44. The minimum Gasteiger partial charge on any atom is -0.507 e. The largest absolute Gasteiger partial charge is 0.507 e. The van der Waals surface area contributed by atoms with E-state index >= 15 is 0 Å². The van der Waals surface area contributed by atoms with Crippen molar-refractivity contribution in [2.75, 3.05) is 0 Å². The van der Waals surface area contributed by atoms with Crippen LogP contribution in [-0.2, 0) is 0 Å². The molecule has 1 aromatic heterocycles. The predicted molar refractivity (Wildman–Crippen MR) is 117 cm³/mol. The number of aromatic hydroxyl groups is 1. The van der Waals surface area contributed by atoms with E-state index in [2.05, 4.69) is 15.6 Å². The monoisotopic (exact) mass is 416 g/mol. The predicted octanol–water partition coefficient (Wildman–Crippen LogP) is 4.66. The fourth-order valence-corrected chi connectivity index (χ4v) is 3.04. The number of benzene rings is 3. The van der Waals surface area contributed by atoms with Gasteiger partial charge in [0.1, 0.15) is 11.4 Å². The molecule has 0 aliphatic heterocycles. The van der Waals surface area contributed by atoms with Gasteiger partial charge >= 0.3 is 0 Å². The molecule has 1 amide bonds. The molecule has 0 aliphatic carbocycles. The first-order valence-electron chi connectivity index (χ1n) is 9.14. The van der Waals surface area contributed by atoms with Gasteiger partial charge in [-0.25, -0.2) is 10.1 Å². The minimum absolute atomic E-state index is 0.107. The highest BCUT2D eigenvalue weighted by molar-refractivity contribution is 6.30. The molecule has 0 unspecified atom stereocenters. The molecule has 4 rings (SSSR count). The van der Waals surface area contributed by atoms with Crippen molar-refractivity contribution in [2.24, 2.45) is 5.10 Å². The molecule has 0 fully saturated rings. The van der Waals surface area contributed by atoms with Crippen LogP contribution in [0.1, 0.15) is 15.9 Å². The number of amides is 1. The van der Waals surface area contributed by atoms with E-state index in [-0.39, 0.29) is 11.3 Å². The maximum Gasteiger partial charge on any atom is 0.275 e. The zero-order valence-corrected chi connectivity index (χ0v) is 16.5. The maximum absolute atomic E-state index is 12.3. The van der Waals surface area contributed by atoms with Gasteiger partial charge in [-0.1, -0.05) is 54.1 Å². The van der Waals surface area contributed by atoms with Crippen molar-refractivity contribution in [1.29, 1.82) is 0 Å². The van der Waals surface area contributed by atoms with Crippen molar-refractivity contribution in [2.45, 2.75) is 0 Å². The molecule has 30 heavy (non-hydrogen) atoms. The van der Waals surface area contributed by atoms with E-state index in [1.165, 1.54) is 18.3 Å². The summed E-state index contributed by atoms with van der Waals surface area (Å²) in [6.45, 7) is 0. The standard InChI is InChI=1S/C23H17ClN4O2/c24-18-12-10-16(11-13-18)22-17(15-28(27-22)19-6-2-1-3-7-19)14-25-26-23(30)20-8-4-5-9-21(20)29/h1-15,29H,(H,26,30). The fraction of sp³-hybridized carbons (Fsp3) is 0. The number of halogens is 1. The SMILES string of the molecule is O=C(NN=Cc1cn(-c2ccccc2)nc1-c1ccc(Cl)cc1)c1ccccc1O. The highest BCUT2D eigenvalue weighted by Crippen LogP contribution is 2.24. The number of aromatic nitrogens is 2. The Morgan fingerprint density at radius 1 is 1.00 bits per heavy atom. The smallest absolute Gasteiger partial charge is 0.275 e. The quantitative estimate of drug-likeness (QED) is 0.366. The third-order valence-electron chi connectivity index (χ3n) is 4.40. The lowest BCUT2D eigenvalue weighted by Crippen LogP contribution is -2.17. The number of nitrogens with zero attached hydrogens (tertiary/aromatic N) is 3. The molecule has 0 saturated carbocycles. The molecule has 0 bridgehead atoms. The number of nitrogens with one attached hydrogen (secondary N) is 1. The molecule has 148 valence electrons. The van der Waals surface area contributed by atoms with Crippen LogP contribution in [-0.4, -0.2) is 27.0 Å².